The molecule has 0 amide bonds. The standard InChI is InChI=1S/C21H19ClN4O/c1-14-8-19(15(2)26(14)13-17-6-4-5-7-20(17)22)21(27)18(10-23)9-16-11-24-25(3)12-16/h4-9,11-12H,13H2,1-3H3. The summed E-state index contributed by atoms with van der Waals surface area (Å²) in [6, 6.07) is 11.5. The van der Waals surface area contributed by atoms with Crippen molar-refractivity contribution in [2.45, 2.75) is 20.4 Å². The highest BCUT2D eigenvalue weighted by Gasteiger charge is 2.20. The van der Waals surface area contributed by atoms with Gasteiger partial charge in [-0.15, -0.1) is 0 Å². The van der Waals surface area contributed by atoms with E-state index in [4.69, 9.17) is 11.6 Å². The molecule has 136 valence electrons. The number of hydrogen-bond acceptors (Lipinski definition) is 3. The summed E-state index contributed by atoms with van der Waals surface area (Å²) < 4.78 is 3.66. The normalized spacial score (nSPS) is 11.4. The minimum atomic E-state index is -0.292. The Balaban J connectivity index is 1.95. The van der Waals surface area contributed by atoms with E-state index in [1.807, 2.05) is 54.8 Å². The van der Waals surface area contributed by atoms with Crippen molar-refractivity contribution in [1.29, 1.82) is 5.26 Å². The van der Waals surface area contributed by atoms with Crippen LogP contribution in [0.5, 0.6) is 0 Å². The van der Waals surface area contributed by atoms with Gasteiger partial charge in [-0.2, -0.15) is 10.4 Å². The summed E-state index contributed by atoms with van der Waals surface area (Å²) in [7, 11) is 1.79. The number of allylic oxidation sites excluding steroid dienone is 1. The Hall–Kier alpha value is -3.10. The van der Waals surface area contributed by atoms with Gasteiger partial charge in [-0.3, -0.25) is 9.48 Å². The van der Waals surface area contributed by atoms with Gasteiger partial charge in [0.25, 0.3) is 0 Å². The van der Waals surface area contributed by atoms with Crippen molar-refractivity contribution in [2.24, 2.45) is 7.05 Å². The Kier molecular flexibility index (Phi) is 5.29. The molecular formula is C21H19ClN4O. The molecule has 0 aliphatic carbocycles. The Labute approximate surface area is 163 Å². The van der Waals surface area contributed by atoms with Gasteiger partial charge in [0.1, 0.15) is 11.6 Å². The molecule has 2 aromatic heterocycles. The van der Waals surface area contributed by atoms with Crippen LogP contribution < -0.4 is 0 Å². The lowest BCUT2D eigenvalue weighted by molar-refractivity contribution is 0.103. The number of Topliss-reactive ketones (excluding diaryl/α,β-unsaturated/α-hetero) is 1. The van der Waals surface area contributed by atoms with Crippen LogP contribution in [0.3, 0.4) is 0 Å². The fourth-order valence-electron chi connectivity index (χ4n) is 3.05. The molecule has 0 fully saturated rings. The minimum absolute atomic E-state index is 0.0843. The van der Waals surface area contributed by atoms with Crippen molar-refractivity contribution in [2.75, 3.05) is 0 Å². The molecule has 0 saturated carbocycles. The molecular weight excluding hydrogens is 360 g/mol. The van der Waals surface area contributed by atoms with E-state index >= 15 is 0 Å². The number of rotatable bonds is 5. The number of aryl methyl sites for hydroxylation is 2. The fraction of sp³-hybridized carbons (Fsp3) is 0.190. The molecule has 0 radical (unpaired) electrons. The van der Waals surface area contributed by atoms with Crippen molar-refractivity contribution in [1.82, 2.24) is 14.3 Å². The van der Waals surface area contributed by atoms with E-state index < -0.39 is 0 Å². The van der Waals surface area contributed by atoms with Crippen LogP contribution in [0.25, 0.3) is 6.08 Å². The predicted octanol–water partition coefficient (Wildman–Crippen LogP) is 4.33. The summed E-state index contributed by atoms with van der Waals surface area (Å²) >= 11 is 6.27. The molecule has 3 rings (SSSR count). The fourth-order valence-corrected chi connectivity index (χ4v) is 3.24. The van der Waals surface area contributed by atoms with Gasteiger partial charge in [-0.1, -0.05) is 29.8 Å². The summed E-state index contributed by atoms with van der Waals surface area (Å²) in [5, 5.41) is 14.2. The maximum absolute atomic E-state index is 12.9. The van der Waals surface area contributed by atoms with E-state index in [0.717, 1.165) is 17.0 Å². The van der Waals surface area contributed by atoms with Gasteiger partial charge in [-0.25, -0.2) is 0 Å². The lowest BCUT2D eigenvalue weighted by Gasteiger charge is -2.11. The number of ketones is 1. The highest BCUT2D eigenvalue weighted by Crippen LogP contribution is 2.23. The van der Waals surface area contributed by atoms with Crippen molar-refractivity contribution in [3.63, 3.8) is 0 Å². The number of benzene rings is 1. The number of carbonyl (C=O) groups is 1. The largest absolute Gasteiger partial charge is 0.344 e. The quantitative estimate of drug-likeness (QED) is 0.377. The number of nitrogens with zero attached hydrogens (tertiary/aromatic N) is 4. The highest BCUT2D eigenvalue weighted by molar-refractivity contribution is 6.31. The SMILES string of the molecule is Cc1cc(C(=O)C(C#N)=Cc2cnn(C)c2)c(C)n1Cc1ccccc1Cl. The van der Waals surface area contributed by atoms with Crippen LogP contribution in [0.2, 0.25) is 5.02 Å². The zero-order chi connectivity index (χ0) is 19.6. The summed E-state index contributed by atoms with van der Waals surface area (Å²) in [6.45, 7) is 4.40. The third kappa shape index (κ3) is 3.86. The van der Waals surface area contributed by atoms with Crippen LogP contribution in [0.1, 0.15) is 32.9 Å². The average Bonchev–Trinajstić information content (AvgIpc) is 3.18. The smallest absolute Gasteiger partial charge is 0.205 e. The van der Waals surface area contributed by atoms with Crippen molar-refractivity contribution in [3.8, 4) is 6.07 Å². The van der Waals surface area contributed by atoms with Crippen molar-refractivity contribution < 1.29 is 4.79 Å². The molecule has 0 aliphatic rings. The van der Waals surface area contributed by atoms with E-state index in [-0.39, 0.29) is 11.4 Å². The number of nitriles is 1. The zero-order valence-corrected chi connectivity index (χ0v) is 16.2. The van der Waals surface area contributed by atoms with Crippen LogP contribution in [-0.4, -0.2) is 20.1 Å². The van der Waals surface area contributed by atoms with E-state index in [1.165, 1.54) is 0 Å². The molecule has 0 spiro atoms. The third-order valence-electron chi connectivity index (χ3n) is 4.51. The second-order valence-electron chi connectivity index (χ2n) is 6.41. The van der Waals surface area contributed by atoms with E-state index in [9.17, 15) is 10.1 Å². The minimum Gasteiger partial charge on any atom is -0.344 e. The predicted molar refractivity (Wildman–Crippen MR) is 106 cm³/mol. The number of hydrogen-bond donors (Lipinski definition) is 0. The lowest BCUT2D eigenvalue weighted by atomic mass is 10.0. The Morgan fingerprint density at radius 2 is 2.07 bits per heavy atom. The molecule has 1 aromatic carbocycles. The lowest BCUT2D eigenvalue weighted by Crippen LogP contribution is -2.07. The summed E-state index contributed by atoms with van der Waals surface area (Å²) in [4.78, 5) is 12.9. The first kappa shape index (κ1) is 18.7. The molecule has 27 heavy (non-hydrogen) atoms. The maximum atomic E-state index is 12.9. The number of aromatic nitrogens is 3. The van der Waals surface area contributed by atoms with Gasteiger partial charge >= 0.3 is 0 Å². The molecule has 0 bridgehead atoms. The van der Waals surface area contributed by atoms with Gasteiger partial charge in [0, 0.05) is 47.3 Å². The molecule has 0 aliphatic heterocycles. The van der Waals surface area contributed by atoms with Crippen molar-refractivity contribution in [3.05, 3.63) is 81.4 Å². The van der Waals surface area contributed by atoms with Gasteiger partial charge in [0.15, 0.2) is 0 Å². The number of carbonyl (C=O) groups excluding carboxylic acids is 1. The first-order chi connectivity index (χ1) is 12.9. The van der Waals surface area contributed by atoms with E-state index in [0.29, 0.717) is 22.7 Å². The van der Waals surface area contributed by atoms with Gasteiger partial charge in [0.2, 0.25) is 5.78 Å². The summed E-state index contributed by atoms with van der Waals surface area (Å²) in [5.41, 5.74) is 4.05. The molecule has 3 aromatic rings. The van der Waals surface area contributed by atoms with Gasteiger partial charge in [-0.05, 0) is 37.6 Å². The van der Waals surface area contributed by atoms with Gasteiger partial charge in [0.05, 0.1) is 6.20 Å². The molecule has 6 heteroatoms. The zero-order valence-electron chi connectivity index (χ0n) is 15.4. The molecule has 2 heterocycles. The van der Waals surface area contributed by atoms with Crippen LogP contribution in [0, 0.1) is 25.2 Å². The van der Waals surface area contributed by atoms with Crippen molar-refractivity contribution >= 4 is 23.5 Å². The first-order valence-electron chi connectivity index (χ1n) is 8.46. The Bertz CT molecular complexity index is 1080. The molecule has 0 unspecified atom stereocenters. The average molecular weight is 379 g/mol. The second-order valence-corrected chi connectivity index (χ2v) is 6.82. The molecule has 0 saturated heterocycles. The monoisotopic (exact) mass is 378 g/mol. The maximum Gasteiger partial charge on any atom is 0.205 e. The second kappa shape index (κ2) is 7.65. The topological polar surface area (TPSA) is 63.6 Å². The van der Waals surface area contributed by atoms with Gasteiger partial charge < -0.3 is 4.57 Å². The third-order valence-corrected chi connectivity index (χ3v) is 4.87. The van der Waals surface area contributed by atoms with E-state index in [1.54, 1.807) is 30.2 Å². The van der Waals surface area contributed by atoms with Crippen LogP contribution in [-0.2, 0) is 13.6 Å². The molecule has 5 nitrogen and oxygen atoms in total. The Morgan fingerprint density at radius 1 is 1.33 bits per heavy atom. The summed E-state index contributed by atoms with van der Waals surface area (Å²) in [6.07, 6.45) is 4.94. The first-order valence-corrected chi connectivity index (χ1v) is 8.83. The van der Waals surface area contributed by atoms with Crippen LogP contribution >= 0.6 is 11.6 Å². The number of halogens is 1. The molecule has 0 atom stereocenters. The Morgan fingerprint density at radius 3 is 2.70 bits per heavy atom. The highest BCUT2D eigenvalue weighted by atomic mass is 35.5. The molecule has 0 N–H and O–H groups in total. The van der Waals surface area contributed by atoms with Crippen LogP contribution in [0.4, 0.5) is 0 Å². The summed E-state index contributed by atoms with van der Waals surface area (Å²) in [5.74, 6) is -0.292. The van der Waals surface area contributed by atoms with Crippen LogP contribution in [0.15, 0.2) is 48.3 Å². The van der Waals surface area contributed by atoms with E-state index in [2.05, 4.69) is 5.10 Å².